The van der Waals surface area contributed by atoms with Crippen molar-refractivity contribution in [3.8, 4) is 0 Å². The largest absolute Gasteiger partial charge is 0.381 e. The van der Waals surface area contributed by atoms with E-state index in [2.05, 4.69) is 15.7 Å². The summed E-state index contributed by atoms with van der Waals surface area (Å²) in [6.45, 7) is 6.56. The summed E-state index contributed by atoms with van der Waals surface area (Å²) >= 11 is 0. The molecule has 0 aliphatic rings. The molecule has 0 saturated heterocycles. The van der Waals surface area contributed by atoms with Crippen LogP contribution in [0.5, 0.6) is 0 Å². The Morgan fingerprint density at radius 1 is 1.29 bits per heavy atom. The van der Waals surface area contributed by atoms with Crippen molar-refractivity contribution >= 4 is 17.3 Å². The van der Waals surface area contributed by atoms with Crippen molar-refractivity contribution in [1.29, 1.82) is 0 Å². The van der Waals surface area contributed by atoms with Crippen LogP contribution >= 0.6 is 0 Å². The third-order valence-electron chi connectivity index (χ3n) is 3.51. The second-order valence-corrected chi connectivity index (χ2v) is 5.15. The predicted octanol–water partition coefficient (Wildman–Crippen LogP) is 3.00. The second-order valence-electron chi connectivity index (χ2n) is 5.15. The molecule has 21 heavy (non-hydrogen) atoms. The average Bonchev–Trinajstić information content (AvgIpc) is 2.77. The van der Waals surface area contributed by atoms with Gasteiger partial charge in [-0.15, -0.1) is 0 Å². The number of hydrogen-bond acceptors (Lipinski definition) is 3. The molecule has 1 heterocycles. The number of carbonyl (C=O) groups excluding carboxylic acids is 1. The van der Waals surface area contributed by atoms with Gasteiger partial charge in [0.2, 0.25) is 5.91 Å². The first kappa shape index (κ1) is 15.1. The molecular formula is C16H22N4O. The van der Waals surface area contributed by atoms with Gasteiger partial charge in [0.15, 0.2) is 0 Å². The number of hydrogen-bond donors (Lipinski definition) is 2. The third-order valence-corrected chi connectivity index (χ3v) is 3.51. The zero-order valence-corrected chi connectivity index (χ0v) is 13.0. The number of amides is 1. The average molecular weight is 286 g/mol. The summed E-state index contributed by atoms with van der Waals surface area (Å²) < 4.78 is 1.82. The van der Waals surface area contributed by atoms with Crippen molar-refractivity contribution in [1.82, 2.24) is 9.78 Å². The van der Waals surface area contributed by atoms with E-state index in [1.54, 1.807) is 0 Å². The zero-order chi connectivity index (χ0) is 15.4. The van der Waals surface area contributed by atoms with Crippen LogP contribution in [0, 0.1) is 13.8 Å². The molecule has 2 N–H and O–H groups in total. The van der Waals surface area contributed by atoms with Gasteiger partial charge in [-0.25, -0.2) is 0 Å². The second kappa shape index (κ2) is 6.43. The van der Waals surface area contributed by atoms with Crippen molar-refractivity contribution in [2.45, 2.75) is 33.7 Å². The van der Waals surface area contributed by atoms with Crippen LogP contribution in [0.15, 0.2) is 24.4 Å². The number of rotatable bonds is 5. The molecule has 112 valence electrons. The van der Waals surface area contributed by atoms with Crippen molar-refractivity contribution in [3.05, 3.63) is 41.2 Å². The molecule has 2 aromatic rings. The molecule has 1 amide bonds. The Balaban J connectivity index is 2.11. The Bertz CT molecular complexity index is 646. The number of carbonyl (C=O) groups is 1. The lowest BCUT2D eigenvalue weighted by molar-refractivity contribution is -0.115. The Morgan fingerprint density at radius 3 is 2.62 bits per heavy atom. The van der Waals surface area contributed by atoms with Crippen LogP contribution in [0.2, 0.25) is 0 Å². The highest BCUT2D eigenvalue weighted by Crippen LogP contribution is 2.24. The van der Waals surface area contributed by atoms with Crippen molar-refractivity contribution < 1.29 is 4.79 Å². The van der Waals surface area contributed by atoms with E-state index in [1.807, 2.05) is 56.9 Å². The highest BCUT2D eigenvalue weighted by atomic mass is 16.1. The highest BCUT2D eigenvalue weighted by Gasteiger charge is 2.08. The molecule has 5 nitrogen and oxygen atoms in total. The maximum atomic E-state index is 11.5. The van der Waals surface area contributed by atoms with Crippen LogP contribution < -0.4 is 10.6 Å². The molecule has 0 aliphatic carbocycles. The first-order valence-electron chi connectivity index (χ1n) is 7.13. The van der Waals surface area contributed by atoms with E-state index in [0.717, 1.165) is 22.6 Å². The Kier molecular flexibility index (Phi) is 4.62. The SMILES string of the molecule is CCC(=O)Nc1cccc(NCc2cn(C)nc2C)c1C. The smallest absolute Gasteiger partial charge is 0.224 e. The highest BCUT2D eigenvalue weighted by molar-refractivity contribution is 5.92. The first-order valence-corrected chi connectivity index (χ1v) is 7.13. The van der Waals surface area contributed by atoms with Crippen LogP contribution in [0.4, 0.5) is 11.4 Å². The van der Waals surface area contributed by atoms with Gasteiger partial charge in [0.25, 0.3) is 0 Å². The molecule has 5 heteroatoms. The molecule has 0 spiro atoms. The van der Waals surface area contributed by atoms with Crippen molar-refractivity contribution in [2.75, 3.05) is 10.6 Å². The fourth-order valence-corrected chi connectivity index (χ4v) is 2.21. The number of aryl methyl sites for hydroxylation is 2. The molecule has 0 saturated carbocycles. The third kappa shape index (κ3) is 3.62. The van der Waals surface area contributed by atoms with Gasteiger partial charge < -0.3 is 10.6 Å². The molecule has 1 aromatic carbocycles. The quantitative estimate of drug-likeness (QED) is 0.888. The molecule has 0 aliphatic heterocycles. The van der Waals surface area contributed by atoms with E-state index >= 15 is 0 Å². The summed E-state index contributed by atoms with van der Waals surface area (Å²) in [6, 6.07) is 5.88. The van der Waals surface area contributed by atoms with Gasteiger partial charge in [0.1, 0.15) is 0 Å². The molecule has 2 rings (SSSR count). The lowest BCUT2D eigenvalue weighted by Crippen LogP contribution is -2.11. The van der Waals surface area contributed by atoms with Crippen LogP contribution in [0.3, 0.4) is 0 Å². The van der Waals surface area contributed by atoms with E-state index < -0.39 is 0 Å². The molecular weight excluding hydrogens is 264 g/mol. The van der Waals surface area contributed by atoms with Crippen molar-refractivity contribution in [3.63, 3.8) is 0 Å². The van der Waals surface area contributed by atoms with E-state index in [0.29, 0.717) is 13.0 Å². The monoisotopic (exact) mass is 286 g/mol. The standard InChI is InChI=1S/C16H22N4O/c1-5-16(21)18-15-8-6-7-14(11(15)2)17-9-13-10-20(4)19-12(13)3/h6-8,10,17H,5,9H2,1-4H3,(H,18,21). The van der Waals surface area contributed by atoms with E-state index in [4.69, 9.17) is 0 Å². The predicted molar refractivity (Wildman–Crippen MR) is 85.4 cm³/mol. The van der Waals surface area contributed by atoms with Crippen LogP contribution in [-0.4, -0.2) is 15.7 Å². The molecule has 1 aromatic heterocycles. The van der Waals surface area contributed by atoms with E-state index in [9.17, 15) is 4.79 Å². The van der Waals surface area contributed by atoms with Crippen LogP contribution in [0.25, 0.3) is 0 Å². The number of benzene rings is 1. The fourth-order valence-electron chi connectivity index (χ4n) is 2.21. The van der Waals surface area contributed by atoms with Gasteiger partial charge >= 0.3 is 0 Å². The van der Waals surface area contributed by atoms with Crippen LogP contribution in [0.1, 0.15) is 30.2 Å². The summed E-state index contributed by atoms with van der Waals surface area (Å²) in [5.41, 5.74) is 5.11. The molecule has 0 unspecified atom stereocenters. The zero-order valence-electron chi connectivity index (χ0n) is 13.0. The summed E-state index contributed by atoms with van der Waals surface area (Å²) in [7, 11) is 1.92. The summed E-state index contributed by atoms with van der Waals surface area (Å²) in [5, 5.41) is 10.7. The minimum absolute atomic E-state index is 0.0263. The number of anilines is 2. The van der Waals surface area contributed by atoms with Gasteiger partial charge in [0.05, 0.1) is 5.69 Å². The van der Waals surface area contributed by atoms with E-state index in [-0.39, 0.29) is 5.91 Å². The molecule has 0 radical (unpaired) electrons. The topological polar surface area (TPSA) is 59.0 Å². The lowest BCUT2D eigenvalue weighted by Gasteiger charge is -2.13. The van der Waals surface area contributed by atoms with Gasteiger partial charge in [-0.1, -0.05) is 13.0 Å². The molecule has 0 bridgehead atoms. The van der Waals surface area contributed by atoms with Crippen molar-refractivity contribution in [2.24, 2.45) is 7.05 Å². The number of nitrogens with zero attached hydrogens (tertiary/aromatic N) is 2. The van der Waals surface area contributed by atoms with Gasteiger partial charge in [0, 0.05) is 43.1 Å². The van der Waals surface area contributed by atoms with E-state index in [1.165, 1.54) is 5.56 Å². The molecule has 0 atom stereocenters. The minimum atomic E-state index is 0.0263. The van der Waals surface area contributed by atoms with Crippen LogP contribution in [-0.2, 0) is 18.4 Å². The summed E-state index contributed by atoms with van der Waals surface area (Å²) in [4.78, 5) is 11.5. The van der Waals surface area contributed by atoms with Gasteiger partial charge in [-0.2, -0.15) is 5.10 Å². The summed E-state index contributed by atoms with van der Waals surface area (Å²) in [5.74, 6) is 0.0263. The fraction of sp³-hybridized carbons (Fsp3) is 0.375. The minimum Gasteiger partial charge on any atom is -0.381 e. The lowest BCUT2D eigenvalue weighted by atomic mass is 10.1. The number of aromatic nitrogens is 2. The Labute approximate surface area is 125 Å². The Morgan fingerprint density at radius 2 is 2.00 bits per heavy atom. The van der Waals surface area contributed by atoms with Gasteiger partial charge in [-0.05, 0) is 31.5 Å². The summed E-state index contributed by atoms with van der Waals surface area (Å²) in [6.07, 6.45) is 2.49. The maximum Gasteiger partial charge on any atom is 0.224 e. The first-order chi connectivity index (χ1) is 10.0. The Hall–Kier alpha value is -2.30. The number of nitrogens with one attached hydrogen (secondary N) is 2. The maximum absolute atomic E-state index is 11.5. The molecule has 0 fully saturated rings. The van der Waals surface area contributed by atoms with Gasteiger partial charge in [-0.3, -0.25) is 9.48 Å². The normalized spacial score (nSPS) is 10.5.